The van der Waals surface area contributed by atoms with Crippen LogP contribution < -0.4 is 10.4 Å². The van der Waals surface area contributed by atoms with Crippen molar-refractivity contribution in [2.45, 2.75) is 66.0 Å². The number of benzene rings is 1. The van der Waals surface area contributed by atoms with Gasteiger partial charge in [-0.2, -0.15) is 0 Å². The first-order valence-electron chi connectivity index (χ1n) is 10.3. The topological polar surface area (TPSA) is 45.2 Å². The summed E-state index contributed by atoms with van der Waals surface area (Å²) in [5, 5.41) is 2.32. The molecule has 1 aromatic heterocycles. The van der Waals surface area contributed by atoms with Crippen molar-refractivity contribution < 1.29 is 4.79 Å². The molecule has 0 fully saturated rings. The molecule has 4 nitrogen and oxygen atoms in total. The lowest BCUT2D eigenvalue weighted by atomic mass is 9.96. The summed E-state index contributed by atoms with van der Waals surface area (Å²) < 4.78 is 0. The normalized spacial score (nSPS) is 14.9. The van der Waals surface area contributed by atoms with Crippen LogP contribution in [0.1, 0.15) is 63.3 Å². The van der Waals surface area contributed by atoms with E-state index < -0.39 is 0 Å². The zero-order valence-corrected chi connectivity index (χ0v) is 17.5. The summed E-state index contributed by atoms with van der Waals surface area (Å²) in [7, 11) is 0. The molecule has 0 saturated carbocycles. The minimum atomic E-state index is 0.482. The Balaban J connectivity index is 1.90. The molecule has 2 heterocycles. The fourth-order valence-electron chi connectivity index (χ4n) is 3.87. The Hall–Kier alpha value is -2.46. The molecule has 1 N–H and O–H groups in total. The molecule has 0 spiro atoms. The SMILES string of the molecule is CCCCCC(C)N1NCc2cc(-c3ccnc(C)c3/C=C(\C)C=O)ccc21. The first-order chi connectivity index (χ1) is 13.5. The van der Waals surface area contributed by atoms with Crippen LogP contribution >= 0.6 is 0 Å². The van der Waals surface area contributed by atoms with E-state index in [-0.39, 0.29) is 0 Å². The van der Waals surface area contributed by atoms with Crippen LogP contribution in [0.15, 0.2) is 36.0 Å². The molecule has 148 valence electrons. The van der Waals surface area contributed by atoms with E-state index >= 15 is 0 Å². The summed E-state index contributed by atoms with van der Waals surface area (Å²) in [6.45, 7) is 9.21. The molecule has 1 atom stereocenters. The van der Waals surface area contributed by atoms with Crippen LogP contribution in [0, 0.1) is 6.92 Å². The number of nitrogens with zero attached hydrogens (tertiary/aromatic N) is 2. The fourth-order valence-corrected chi connectivity index (χ4v) is 3.87. The fraction of sp³-hybridized carbons (Fsp3) is 0.417. The maximum atomic E-state index is 11.1. The van der Waals surface area contributed by atoms with Gasteiger partial charge in [-0.3, -0.25) is 9.78 Å². The van der Waals surface area contributed by atoms with E-state index in [1.165, 1.54) is 36.9 Å². The minimum Gasteiger partial charge on any atom is -0.305 e. The zero-order chi connectivity index (χ0) is 20.1. The monoisotopic (exact) mass is 377 g/mol. The molecule has 3 rings (SSSR count). The predicted octanol–water partition coefficient (Wildman–Crippen LogP) is 5.45. The predicted molar refractivity (Wildman–Crippen MR) is 117 cm³/mol. The van der Waals surface area contributed by atoms with Gasteiger partial charge in [0.1, 0.15) is 6.29 Å². The smallest absolute Gasteiger partial charge is 0.145 e. The lowest BCUT2D eigenvalue weighted by Crippen LogP contribution is -2.39. The lowest BCUT2D eigenvalue weighted by molar-refractivity contribution is -0.104. The maximum Gasteiger partial charge on any atom is 0.145 e. The van der Waals surface area contributed by atoms with Crippen molar-refractivity contribution in [3.63, 3.8) is 0 Å². The number of pyridine rings is 1. The number of aldehydes is 1. The Morgan fingerprint density at radius 1 is 1.32 bits per heavy atom. The number of rotatable bonds is 8. The lowest BCUT2D eigenvalue weighted by Gasteiger charge is -2.27. The number of aromatic nitrogens is 1. The molecule has 0 saturated heterocycles. The van der Waals surface area contributed by atoms with Crippen LogP contribution in [0.2, 0.25) is 0 Å². The third kappa shape index (κ3) is 4.33. The molecule has 0 bridgehead atoms. The van der Waals surface area contributed by atoms with Gasteiger partial charge in [0.15, 0.2) is 0 Å². The van der Waals surface area contributed by atoms with E-state index in [0.29, 0.717) is 11.6 Å². The van der Waals surface area contributed by atoms with Gasteiger partial charge in [0.2, 0.25) is 0 Å². The molecule has 2 aromatic rings. The number of hydrogen-bond donors (Lipinski definition) is 1. The summed E-state index contributed by atoms with van der Waals surface area (Å²) in [6, 6.07) is 9.18. The Bertz CT molecular complexity index is 872. The van der Waals surface area contributed by atoms with Gasteiger partial charge in [-0.1, -0.05) is 32.3 Å². The zero-order valence-electron chi connectivity index (χ0n) is 17.5. The molecule has 0 amide bonds. The molecule has 1 aromatic carbocycles. The van der Waals surface area contributed by atoms with E-state index in [0.717, 1.165) is 35.2 Å². The van der Waals surface area contributed by atoms with Gasteiger partial charge < -0.3 is 5.01 Å². The number of carbonyl (C=O) groups is 1. The second kappa shape index (κ2) is 9.16. The number of unbranched alkanes of at least 4 members (excludes halogenated alkanes) is 2. The molecule has 1 aliphatic rings. The van der Waals surface area contributed by atoms with E-state index in [2.05, 4.69) is 47.5 Å². The highest BCUT2D eigenvalue weighted by atomic mass is 16.1. The Kier molecular flexibility index (Phi) is 6.63. The summed E-state index contributed by atoms with van der Waals surface area (Å²) >= 11 is 0. The van der Waals surface area contributed by atoms with Crippen LogP contribution in [0.25, 0.3) is 17.2 Å². The van der Waals surface area contributed by atoms with Gasteiger partial charge in [-0.15, -0.1) is 0 Å². The van der Waals surface area contributed by atoms with E-state index in [4.69, 9.17) is 0 Å². The second-order valence-electron chi connectivity index (χ2n) is 7.76. The summed E-state index contributed by atoms with van der Waals surface area (Å²) in [6.07, 6.45) is 9.68. The maximum absolute atomic E-state index is 11.1. The van der Waals surface area contributed by atoms with Gasteiger partial charge in [-0.25, -0.2) is 5.43 Å². The Morgan fingerprint density at radius 2 is 2.14 bits per heavy atom. The number of nitrogens with one attached hydrogen (secondary N) is 1. The molecule has 1 aliphatic heterocycles. The summed E-state index contributed by atoms with van der Waals surface area (Å²) in [5.41, 5.74) is 11.1. The molecule has 1 unspecified atom stereocenters. The summed E-state index contributed by atoms with van der Waals surface area (Å²) in [5.74, 6) is 0. The standard InChI is InChI=1S/C24H31N3O/c1-5-6-7-8-18(3)27-24-10-9-20(14-21(24)15-26-27)22-11-12-25-19(4)23(22)13-17(2)16-28/h9-14,16,18,26H,5-8,15H2,1-4H3/b17-13+. The van der Waals surface area contributed by atoms with Crippen LogP contribution in [0.3, 0.4) is 0 Å². The average Bonchev–Trinajstić information content (AvgIpc) is 3.12. The Labute approximate surface area is 168 Å². The van der Waals surface area contributed by atoms with Crippen molar-refractivity contribution in [2.75, 3.05) is 5.01 Å². The molecule has 0 aliphatic carbocycles. The van der Waals surface area contributed by atoms with Crippen LogP contribution in [0.4, 0.5) is 5.69 Å². The van der Waals surface area contributed by atoms with Gasteiger partial charge in [0.25, 0.3) is 0 Å². The van der Waals surface area contributed by atoms with E-state index in [1.807, 2.05) is 32.2 Å². The van der Waals surface area contributed by atoms with E-state index in [9.17, 15) is 4.79 Å². The number of hydrazine groups is 1. The number of aryl methyl sites for hydroxylation is 1. The number of fused-ring (bicyclic) bond motifs is 1. The van der Waals surface area contributed by atoms with E-state index in [1.54, 1.807) is 0 Å². The van der Waals surface area contributed by atoms with Crippen LogP contribution in [-0.2, 0) is 11.3 Å². The first-order valence-corrected chi connectivity index (χ1v) is 10.3. The molecular weight excluding hydrogens is 346 g/mol. The number of anilines is 1. The van der Waals surface area contributed by atoms with Gasteiger partial charge in [0, 0.05) is 30.0 Å². The Morgan fingerprint density at radius 3 is 2.89 bits per heavy atom. The first kappa shape index (κ1) is 20.3. The second-order valence-corrected chi connectivity index (χ2v) is 7.76. The molecule has 28 heavy (non-hydrogen) atoms. The van der Waals surface area contributed by atoms with Crippen molar-refractivity contribution in [3.05, 3.63) is 52.9 Å². The minimum absolute atomic E-state index is 0.482. The van der Waals surface area contributed by atoms with Crippen molar-refractivity contribution >= 4 is 18.0 Å². The quantitative estimate of drug-likeness (QED) is 0.377. The van der Waals surface area contributed by atoms with Crippen molar-refractivity contribution in [2.24, 2.45) is 0 Å². The van der Waals surface area contributed by atoms with Gasteiger partial charge >= 0.3 is 0 Å². The van der Waals surface area contributed by atoms with Gasteiger partial charge in [0.05, 0.1) is 5.69 Å². The molecule has 0 radical (unpaired) electrons. The van der Waals surface area contributed by atoms with Crippen molar-refractivity contribution in [3.8, 4) is 11.1 Å². The molecule has 4 heteroatoms. The number of carbonyl (C=O) groups excluding carboxylic acids is 1. The number of allylic oxidation sites excluding steroid dienone is 1. The van der Waals surface area contributed by atoms with Crippen LogP contribution in [0.5, 0.6) is 0 Å². The average molecular weight is 378 g/mol. The van der Waals surface area contributed by atoms with Crippen molar-refractivity contribution in [1.82, 2.24) is 10.4 Å². The summed E-state index contributed by atoms with van der Waals surface area (Å²) in [4.78, 5) is 15.5. The highest BCUT2D eigenvalue weighted by Gasteiger charge is 2.23. The van der Waals surface area contributed by atoms with Crippen molar-refractivity contribution in [1.29, 1.82) is 0 Å². The highest BCUT2D eigenvalue weighted by molar-refractivity contribution is 5.86. The number of hydrogen-bond acceptors (Lipinski definition) is 4. The van der Waals surface area contributed by atoms with Crippen LogP contribution in [-0.4, -0.2) is 17.3 Å². The highest BCUT2D eigenvalue weighted by Crippen LogP contribution is 2.34. The third-order valence-corrected chi connectivity index (χ3v) is 5.50. The van der Waals surface area contributed by atoms with Gasteiger partial charge in [-0.05, 0) is 73.7 Å². The largest absolute Gasteiger partial charge is 0.305 e. The third-order valence-electron chi connectivity index (χ3n) is 5.50. The molecular formula is C24H31N3O.